The molecular weight excluding hydrogens is 267 g/mol. The van der Waals surface area contributed by atoms with Crippen LogP contribution in [0.2, 0.25) is 0 Å². The minimum Gasteiger partial charge on any atom is -0.454 e. The van der Waals surface area contributed by atoms with Crippen molar-refractivity contribution in [3.63, 3.8) is 0 Å². The van der Waals surface area contributed by atoms with E-state index in [1.165, 1.54) is 0 Å². The number of halogens is 3. The Bertz CT molecular complexity index is 412. The molecule has 7 heteroatoms. The maximum Gasteiger partial charge on any atom is 0.441 e. The van der Waals surface area contributed by atoms with E-state index in [9.17, 15) is 13.2 Å². The molecule has 0 saturated carbocycles. The summed E-state index contributed by atoms with van der Waals surface area (Å²) in [6.07, 6.45) is 0. The van der Waals surface area contributed by atoms with Crippen molar-refractivity contribution in [2.45, 2.75) is 12.1 Å². The van der Waals surface area contributed by atoms with Gasteiger partial charge in [0.2, 0.25) is 6.79 Å². The first kappa shape index (κ1) is 13.4. The van der Waals surface area contributed by atoms with Gasteiger partial charge < -0.3 is 14.8 Å². The van der Waals surface area contributed by atoms with Crippen LogP contribution in [0.3, 0.4) is 0 Å². The SMILES string of the molecule is FC(F)(F)SCCNCc1cccc2c1OCO2. The molecule has 1 aromatic rings. The van der Waals surface area contributed by atoms with Gasteiger partial charge in [-0.1, -0.05) is 12.1 Å². The molecule has 0 amide bonds. The number of para-hydroxylation sites is 1. The fraction of sp³-hybridized carbons (Fsp3) is 0.455. The van der Waals surface area contributed by atoms with Crippen LogP contribution in [0, 0.1) is 0 Å². The van der Waals surface area contributed by atoms with Crippen LogP contribution >= 0.6 is 11.8 Å². The second kappa shape index (κ2) is 5.71. The topological polar surface area (TPSA) is 30.5 Å². The molecule has 0 fully saturated rings. The molecule has 0 aromatic heterocycles. The Balaban J connectivity index is 1.76. The van der Waals surface area contributed by atoms with E-state index in [0.717, 1.165) is 5.56 Å². The number of thioether (sulfide) groups is 1. The number of fused-ring (bicyclic) bond motifs is 1. The second-order valence-corrected chi connectivity index (χ2v) is 4.78. The molecule has 1 heterocycles. The van der Waals surface area contributed by atoms with E-state index in [4.69, 9.17) is 9.47 Å². The number of ether oxygens (including phenoxy) is 2. The monoisotopic (exact) mass is 279 g/mol. The first-order chi connectivity index (χ1) is 8.56. The molecule has 0 atom stereocenters. The van der Waals surface area contributed by atoms with Gasteiger partial charge in [0.25, 0.3) is 0 Å². The molecule has 0 aliphatic carbocycles. The first-order valence-corrected chi connectivity index (χ1v) is 6.34. The molecule has 2 rings (SSSR count). The zero-order valence-electron chi connectivity index (χ0n) is 9.42. The molecule has 100 valence electrons. The highest BCUT2D eigenvalue weighted by molar-refractivity contribution is 8.00. The normalized spacial score (nSPS) is 13.9. The summed E-state index contributed by atoms with van der Waals surface area (Å²) in [7, 11) is 0. The average molecular weight is 279 g/mol. The molecule has 0 unspecified atom stereocenters. The predicted octanol–water partition coefficient (Wildman–Crippen LogP) is 2.76. The summed E-state index contributed by atoms with van der Waals surface area (Å²) < 4.78 is 46.2. The van der Waals surface area contributed by atoms with Crippen LogP contribution in [-0.4, -0.2) is 24.6 Å². The number of alkyl halides is 3. The minimum atomic E-state index is -4.16. The lowest BCUT2D eigenvalue weighted by Crippen LogP contribution is -2.18. The zero-order chi connectivity index (χ0) is 13.0. The Kier molecular flexibility index (Phi) is 4.23. The summed E-state index contributed by atoms with van der Waals surface area (Å²) in [5.41, 5.74) is -3.27. The van der Waals surface area contributed by atoms with Crippen LogP contribution in [0.15, 0.2) is 18.2 Å². The van der Waals surface area contributed by atoms with E-state index >= 15 is 0 Å². The third-order valence-corrected chi connectivity index (χ3v) is 3.07. The fourth-order valence-corrected chi connectivity index (χ4v) is 2.07. The van der Waals surface area contributed by atoms with Crippen molar-refractivity contribution in [3.05, 3.63) is 23.8 Å². The second-order valence-electron chi connectivity index (χ2n) is 3.62. The highest BCUT2D eigenvalue weighted by atomic mass is 32.2. The van der Waals surface area contributed by atoms with Gasteiger partial charge in [0.1, 0.15) is 0 Å². The van der Waals surface area contributed by atoms with Gasteiger partial charge in [0.05, 0.1) is 0 Å². The van der Waals surface area contributed by atoms with E-state index in [0.29, 0.717) is 18.0 Å². The van der Waals surface area contributed by atoms with Gasteiger partial charge in [-0.25, -0.2) is 0 Å². The molecule has 1 aromatic carbocycles. The van der Waals surface area contributed by atoms with E-state index in [-0.39, 0.29) is 30.9 Å². The maximum atomic E-state index is 11.9. The number of benzene rings is 1. The quantitative estimate of drug-likeness (QED) is 0.840. The van der Waals surface area contributed by atoms with Crippen molar-refractivity contribution in [2.24, 2.45) is 0 Å². The molecule has 0 radical (unpaired) electrons. The molecule has 1 N–H and O–H groups in total. The van der Waals surface area contributed by atoms with Crippen LogP contribution in [0.25, 0.3) is 0 Å². The van der Waals surface area contributed by atoms with E-state index in [1.54, 1.807) is 6.07 Å². The summed E-state index contributed by atoms with van der Waals surface area (Å²) in [4.78, 5) is 0. The lowest BCUT2D eigenvalue weighted by molar-refractivity contribution is -0.0327. The number of rotatable bonds is 5. The van der Waals surface area contributed by atoms with Gasteiger partial charge in [0.15, 0.2) is 11.5 Å². The molecule has 18 heavy (non-hydrogen) atoms. The van der Waals surface area contributed by atoms with Crippen molar-refractivity contribution in [1.82, 2.24) is 5.32 Å². The Labute approximate surface area is 107 Å². The van der Waals surface area contributed by atoms with E-state index in [2.05, 4.69) is 5.32 Å². The predicted molar refractivity (Wildman–Crippen MR) is 62.8 cm³/mol. The minimum absolute atomic E-state index is 0.00409. The first-order valence-electron chi connectivity index (χ1n) is 5.35. The summed E-state index contributed by atoms with van der Waals surface area (Å²) >= 11 is -0.0243. The summed E-state index contributed by atoms with van der Waals surface area (Å²) in [6, 6.07) is 5.48. The molecule has 3 nitrogen and oxygen atoms in total. The van der Waals surface area contributed by atoms with Crippen molar-refractivity contribution in [3.8, 4) is 11.5 Å². The van der Waals surface area contributed by atoms with Gasteiger partial charge in [-0.05, 0) is 17.8 Å². The molecule has 1 aliphatic heterocycles. The van der Waals surface area contributed by atoms with Crippen molar-refractivity contribution in [2.75, 3.05) is 19.1 Å². The zero-order valence-corrected chi connectivity index (χ0v) is 10.2. The molecule has 0 spiro atoms. The summed E-state index contributed by atoms with van der Waals surface area (Å²) in [5.74, 6) is 1.35. The van der Waals surface area contributed by atoms with Gasteiger partial charge >= 0.3 is 5.51 Å². The largest absolute Gasteiger partial charge is 0.454 e. The van der Waals surface area contributed by atoms with Crippen LogP contribution in [0.4, 0.5) is 13.2 Å². The molecular formula is C11H12F3NO2S. The van der Waals surface area contributed by atoms with Gasteiger partial charge in [0, 0.05) is 24.4 Å². The number of hydrogen-bond acceptors (Lipinski definition) is 4. The summed E-state index contributed by atoms with van der Waals surface area (Å²) in [5, 5.41) is 2.95. The van der Waals surface area contributed by atoms with Crippen molar-refractivity contribution in [1.29, 1.82) is 0 Å². The lowest BCUT2D eigenvalue weighted by atomic mass is 10.2. The molecule has 1 aliphatic rings. The third kappa shape index (κ3) is 3.71. The Morgan fingerprint density at radius 2 is 2.11 bits per heavy atom. The third-order valence-electron chi connectivity index (χ3n) is 2.34. The average Bonchev–Trinajstić information content (AvgIpc) is 2.75. The van der Waals surface area contributed by atoms with E-state index in [1.807, 2.05) is 12.1 Å². The highest BCUT2D eigenvalue weighted by Gasteiger charge is 2.27. The standard InChI is InChI=1S/C11H12F3NO2S/c12-11(13,14)18-5-4-15-6-8-2-1-3-9-10(8)17-7-16-9/h1-3,15H,4-7H2. The van der Waals surface area contributed by atoms with Crippen molar-refractivity contribution < 1.29 is 22.6 Å². The van der Waals surface area contributed by atoms with Crippen LogP contribution in [-0.2, 0) is 6.54 Å². The maximum absolute atomic E-state index is 11.9. The summed E-state index contributed by atoms with van der Waals surface area (Å²) in [6.45, 7) is 0.940. The van der Waals surface area contributed by atoms with Gasteiger partial charge in [-0.2, -0.15) is 13.2 Å². The fourth-order valence-electron chi connectivity index (χ4n) is 1.59. The highest BCUT2D eigenvalue weighted by Crippen LogP contribution is 2.35. The molecule has 0 saturated heterocycles. The smallest absolute Gasteiger partial charge is 0.441 e. The number of nitrogens with one attached hydrogen (secondary N) is 1. The Morgan fingerprint density at radius 3 is 2.89 bits per heavy atom. The van der Waals surface area contributed by atoms with Crippen LogP contribution in [0.1, 0.15) is 5.56 Å². The number of hydrogen-bond donors (Lipinski definition) is 1. The lowest BCUT2D eigenvalue weighted by Gasteiger charge is -2.08. The Morgan fingerprint density at radius 1 is 1.28 bits per heavy atom. The molecule has 0 bridgehead atoms. The van der Waals surface area contributed by atoms with Crippen LogP contribution < -0.4 is 14.8 Å². The van der Waals surface area contributed by atoms with Gasteiger partial charge in [-0.15, -0.1) is 0 Å². The van der Waals surface area contributed by atoms with E-state index < -0.39 is 5.51 Å². The van der Waals surface area contributed by atoms with Crippen molar-refractivity contribution >= 4 is 11.8 Å². The Hall–Kier alpha value is -1.08. The van der Waals surface area contributed by atoms with Gasteiger partial charge in [-0.3, -0.25) is 0 Å². The van der Waals surface area contributed by atoms with Crippen LogP contribution in [0.5, 0.6) is 11.5 Å².